The smallest absolute Gasteiger partial charge is 0.118 e. The Kier molecular flexibility index (Phi) is 4.04. The van der Waals surface area contributed by atoms with Crippen LogP contribution in [0, 0.1) is 6.92 Å². The van der Waals surface area contributed by atoms with Gasteiger partial charge in [0.1, 0.15) is 11.4 Å². The fourth-order valence-corrected chi connectivity index (χ4v) is 2.15. The Labute approximate surface area is 114 Å². The molecule has 0 aliphatic heterocycles. The van der Waals surface area contributed by atoms with Gasteiger partial charge in [-0.2, -0.15) is 5.10 Å². The van der Waals surface area contributed by atoms with E-state index in [0.29, 0.717) is 12.2 Å². The van der Waals surface area contributed by atoms with Crippen LogP contribution in [-0.4, -0.2) is 22.0 Å². The zero-order valence-corrected chi connectivity index (χ0v) is 11.9. The van der Waals surface area contributed by atoms with E-state index in [9.17, 15) is 0 Å². The Balaban J connectivity index is 2.22. The number of ether oxygens (including phenoxy) is 1. The molecule has 0 aliphatic rings. The average molecular weight is 311 g/mol. The van der Waals surface area contributed by atoms with Gasteiger partial charge in [-0.15, -0.1) is 0 Å². The maximum Gasteiger partial charge on any atom is 0.118 e. The lowest BCUT2D eigenvalue weighted by molar-refractivity contribution is 0.274. The lowest BCUT2D eigenvalue weighted by Crippen LogP contribution is -2.04. The number of methoxy groups -OCH3 is 1. The van der Waals surface area contributed by atoms with Crippen LogP contribution >= 0.6 is 15.9 Å². The van der Waals surface area contributed by atoms with Gasteiger partial charge in [-0.1, -0.05) is 12.1 Å². The van der Waals surface area contributed by atoms with Crippen molar-refractivity contribution in [3.05, 3.63) is 45.7 Å². The topological polar surface area (TPSA) is 47.3 Å². The lowest BCUT2D eigenvalue weighted by Gasteiger charge is -2.06. The van der Waals surface area contributed by atoms with Crippen molar-refractivity contribution in [1.29, 1.82) is 0 Å². The van der Waals surface area contributed by atoms with Crippen molar-refractivity contribution in [3.8, 4) is 5.75 Å². The van der Waals surface area contributed by atoms with Crippen LogP contribution < -0.4 is 4.74 Å². The third kappa shape index (κ3) is 2.57. The molecular formula is C13H15BrN2O2. The third-order valence-electron chi connectivity index (χ3n) is 2.84. The molecule has 0 saturated carbocycles. The molecule has 0 bridgehead atoms. The Hall–Kier alpha value is -1.33. The summed E-state index contributed by atoms with van der Waals surface area (Å²) in [6.45, 7) is 2.59. The number of hydrogen-bond donors (Lipinski definition) is 1. The van der Waals surface area contributed by atoms with Crippen LogP contribution in [0.2, 0.25) is 0 Å². The molecular weight excluding hydrogens is 296 g/mol. The van der Waals surface area contributed by atoms with Crippen LogP contribution in [0.4, 0.5) is 0 Å². The van der Waals surface area contributed by atoms with Gasteiger partial charge in [0.05, 0.1) is 30.4 Å². The zero-order chi connectivity index (χ0) is 13.1. The number of halogens is 1. The summed E-state index contributed by atoms with van der Waals surface area (Å²) in [4.78, 5) is 0. The summed E-state index contributed by atoms with van der Waals surface area (Å²) in [5.41, 5.74) is 2.81. The van der Waals surface area contributed by atoms with Crippen molar-refractivity contribution in [2.75, 3.05) is 7.11 Å². The minimum Gasteiger partial charge on any atom is -0.497 e. The Morgan fingerprint density at radius 3 is 2.50 bits per heavy atom. The van der Waals surface area contributed by atoms with Gasteiger partial charge in [0.15, 0.2) is 0 Å². The molecule has 0 spiro atoms. The van der Waals surface area contributed by atoms with Gasteiger partial charge in [0, 0.05) is 0 Å². The molecule has 96 valence electrons. The summed E-state index contributed by atoms with van der Waals surface area (Å²) in [5.74, 6) is 0.841. The molecule has 0 radical (unpaired) electrons. The van der Waals surface area contributed by atoms with Crippen LogP contribution in [0.25, 0.3) is 0 Å². The SMILES string of the molecule is COc1ccc(Cn2nc(CO)c(Br)c2C)cc1. The Bertz CT molecular complexity index is 535. The molecule has 0 unspecified atom stereocenters. The molecule has 0 amide bonds. The number of rotatable bonds is 4. The van der Waals surface area contributed by atoms with Crippen LogP contribution in [0.1, 0.15) is 17.0 Å². The number of aromatic nitrogens is 2. The fraction of sp³-hybridized carbons (Fsp3) is 0.308. The number of aliphatic hydroxyl groups excluding tert-OH is 1. The minimum atomic E-state index is -0.0585. The first-order chi connectivity index (χ1) is 8.65. The summed E-state index contributed by atoms with van der Waals surface area (Å²) >= 11 is 3.43. The first-order valence-corrected chi connectivity index (χ1v) is 6.40. The maximum atomic E-state index is 9.17. The first kappa shape index (κ1) is 13.1. The largest absolute Gasteiger partial charge is 0.497 e. The van der Waals surface area contributed by atoms with Gasteiger partial charge in [0.25, 0.3) is 0 Å². The molecule has 2 aromatic rings. The summed E-state index contributed by atoms with van der Waals surface area (Å²) < 4.78 is 7.87. The van der Waals surface area contributed by atoms with Crippen LogP contribution in [-0.2, 0) is 13.2 Å². The predicted octanol–water partition coefficient (Wildman–Crippen LogP) is 2.50. The van der Waals surface area contributed by atoms with Crippen molar-refractivity contribution >= 4 is 15.9 Å². The first-order valence-electron chi connectivity index (χ1n) is 5.61. The second-order valence-corrected chi connectivity index (χ2v) is 4.80. The summed E-state index contributed by atoms with van der Waals surface area (Å²) in [6.07, 6.45) is 0. The van der Waals surface area contributed by atoms with Gasteiger partial charge in [-0.05, 0) is 40.5 Å². The molecule has 0 saturated heterocycles. The van der Waals surface area contributed by atoms with E-state index in [1.54, 1.807) is 7.11 Å². The Morgan fingerprint density at radius 2 is 2.00 bits per heavy atom. The zero-order valence-electron chi connectivity index (χ0n) is 10.4. The highest BCUT2D eigenvalue weighted by atomic mass is 79.9. The number of nitrogens with zero attached hydrogens (tertiary/aromatic N) is 2. The van der Waals surface area contributed by atoms with E-state index in [1.165, 1.54) is 0 Å². The fourth-order valence-electron chi connectivity index (χ4n) is 1.75. The van der Waals surface area contributed by atoms with Crippen molar-refractivity contribution < 1.29 is 9.84 Å². The number of hydrogen-bond acceptors (Lipinski definition) is 3. The molecule has 18 heavy (non-hydrogen) atoms. The quantitative estimate of drug-likeness (QED) is 0.944. The van der Waals surface area contributed by atoms with Gasteiger partial charge in [0.2, 0.25) is 0 Å². The summed E-state index contributed by atoms with van der Waals surface area (Å²) in [7, 11) is 1.65. The van der Waals surface area contributed by atoms with E-state index >= 15 is 0 Å². The van der Waals surface area contributed by atoms with E-state index in [-0.39, 0.29) is 6.61 Å². The second-order valence-electron chi connectivity index (χ2n) is 4.01. The molecule has 2 rings (SSSR count). The van der Waals surface area contributed by atoms with Crippen molar-refractivity contribution in [1.82, 2.24) is 9.78 Å². The molecule has 0 fully saturated rings. The number of benzene rings is 1. The van der Waals surface area contributed by atoms with Crippen LogP contribution in [0.15, 0.2) is 28.7 Å². The molecule has 1 N–H and O–H groups in total. The number of aliphatic hydroxyl groups is 1. The lowest BCUT2D eigenvalue weighted by atomic mass is 10.2. The van der Waals surface area contributed by atoms with Crippen molar-refractivity contribution in [2.24, 2.45) is 0 Å². The van der Waals surface area contributed by atoms with E-state index in [4.69, 9.17) is 9.84 Å². The van der Waals surface area contributed by atoms with Crippen LogP contribution in [0.3, 0.4) is 0 Å². The maximum absolute atomic E-state index is 9.17. The molecule has 0 atom stereocenters. The molecule has 1 aromatic heterocycles. The van der Waals surface area contributed by atoms with Crippen molar-refractivity contribution in [3.63, 3.8) is 0 Å². The second kappa shape index (κ2) is 5.54. The van der Waals surface area contributed by atoms with E-state index in [0.717, 1.165) is 21.5 Å². The third-order valence-corrected chi connectivity index (χ3v) is 3.87. The Morgan fingerprint density at radius 1 is 1.33 bits per heavy atom. The minimum absolute atomic E-state index is 0.0585. The standard InChI is InChI=1S/C13H15BrN2O2/c1-9-13(14)12(8-17)15-16(9)7-10-3-5-11(18-2)6-4-10/h3-6,17H,7-8H2,1-2H3. The van der Waals surface area contributed by atoms with Crippen molar-refractivity contribution in [2.45, 2.75) is 20.1 Å². The molecule has 5 heteroatoms. The van der Waals surface area contributed by atoms with E-state index < -0.39 is 0 Å². The van der Waals surface area contributed by atoms with Gasteiger partial charge in [-0.3, -0.25) is 4.68 Å². The van der Waals surface area contributed by atoms with Gasteiger partial charge < -0.3 is 9.84 Å². The summed E-state index contributed by atoms with van der Waals surface area (Å²) in [5, 5.41) is 13.5. The highest BCUT2D eigenvalue weighted by Crippen LogP contribution is 2.22. The molecule has 1 aromatic carbocycles. The van der Waals surface area contributed by atoms with Gasteiger partial charge >= 0.3 is 0 Å². The highest BCUT2D eigenvalue weighted by molar-refractivity contribution is 9.10. The average Bonchev–Trinajstić information content (AvgIpc) is 2.67. The molecule has 1 heterocycles. The monoisotopic (exact) mass is 310 g/mol. The normalized spacial score (nSPS) is 10.7. The molecule has 0 aliphatic carbocycles. The van der Waals surface area contributed by atoms with Crippen LogP contribution in [0.5, 0.6) is 5.75 Å². The van der Waals surface area contributed by atoms with E-state index in [1.807, 2.05) is 35.9 Å². The molecule has 4 nitrogen and oxygen atoms in total. The van der Waals surface area contributed by atoms with Gasteiger partial charge in [-0.25, -0.2) is 0 Å². The highest BCUT2D eigenvalue weighted by Gasteiger charge is 2.11. The predicted molar refractivity (Wildman–Crippen MR) is 72.7 cm³/mol. The summed E-state index contributed by atoms with van der Waals surface area (Å²) in [6, 6.07) is 7.87. The van der Waals surface area contributed by atoms with E-state index in [2.05, 4.69) is 21.0 Å².